The van der Waals surface area contributed by atoms with Gasteiger partial charge in [-0.3, -0.25) is 14.6 Å². The average molecular weight is 533 g/mol. The number of benzene rings is 2. The van der Waals surface area contributed by atoms with Crippen LogP contribution in [0.5, 0.6) is 0 Å². The van der Waals surface area contributed by atoms with Crippen molar-refractivity contribution in [2.75, 3.05) is 5.32 Å². The van der Waals surface area contributed by atoms with Crippen LogP contribution in [0.3, 0.4) is 0 Å². The molecule has 0 saturated heterocycles. The number of halogens is 3. The van der Waals surface area contributed by atoms with Crippen molar-refractivity contribution in [3.05, 3.63) is 95.1 Å². The number of Topliss-reactive ketones (excluding diaryl/α,β-unsaturated/α-hetero) is 1. The number of carbonyl (C=O) groups excluding carboxylic acids is 2. The van der Waals surface area contributed by atoms with Crippen molar-refractivity contribution in [1.82, 2.24) is 14.8 Å². The molecule has 0 bridgehead atoms. The molecule has 2 aromatic heterocycles. The van der Waals surface area contributed by atoms with Gasteiger partial charge in [-0.1, -0.05) is 24.3 Å². The molecule has 1 N–H and O–H groups in total. The average Bonchev–Trinajstić information content (AvgIpc) is 3.63. The number of anilines is 1. The molecule has 0 unspecified atom stereocenters. The highest BCUT2D eigenvalue weighted by Crippen LogP contribution is 2.32. The smallest absolute Gasteiger partial charge is 0.326 e. The molecule has 1 aliphatic carbocycles. The minimum absolute atomic E-state index is 0.187. The van der Waals surface area contributed by atoms with E-state index in [0.29, 0.717) is 12.1 Å². The molecule has 2 heterocycles. The van der Waals surface area contributed by atoms with E-state index < -0.39 is 17.6 Å². The number of amides is 1. The molecule has 6 nitrogen and oxygen atoms in total. The number of hydrogen-bond donors (Lipinski definition) is 1. The number of aromatic nitrogens is 3. The molecular formula is C30H27F3N4O2. The third kappa shape index (κ3) is 6.25. The predicted octanol–water partition coefficient (Wildman–Crippen LogP) is 6.27. The number of alkyl halides is 3. The molecule has 5 rings (SSSR count). The topological polar surface area (TPSA) is 76.9 Å². The van der Waals surface area contributed by atoms with Crippen LogP contribution in [0.2, 0.25) is 0 Å². The second kappa shape index (κ2) is 10.5. The van der Waals surface area contributed by atoms with E-state index >= 15 is 0 Å². The van der Waals surface area contributed by atoms with Crippen LogP contribution < -0.4 is 5.32 Å². The molecule has 4 aromatic rings. The SMILES string of the molecule is Cc1cc(CC(=O)C2CC2)ncc1-c1cnn(-c2cc(NC(=O)Cc3cccc(C(F)(F)F)c3)ccc2C)c1. The Bertz CT molecular complexity index is 1550. The number of aryl methyl sites for hydroxylation is 2. The van der Waals surface area contributed by atoms with Gasteiger partial charge >= 0.3 is 6.18 Å². The Morgan fingerprint density at radius 2 is 1.79 bits per heavy atom. The lowest BCUT2D eigenvalue weighted by Gasteiger charge is -2.11. The summed E-state index contributed by atoms with van der Waals surface area (Å²) in [5, 5.41) is 7.27. The maximum Gasteiger partial charge on any atom is 0.416 e. The van der Waals surface area contributed by atoms with Gasteiger partial charge < -0.3 is 5.32 Å². The van der Waals surface area contributed by atoms with Gasteiger partial charge in [0.2, 0.25) is 5.91 Å². The molecule has 1 aliphatic rings. The fraction of sp³-hybridized carbons (Fsp3) is 0.267. The molecule has 1 fully saturated rings. The summed E-state index contributed by atoms with van der Waals surface area (Å²) in [5.41, 5.74) is 5.20. The molecular weight excluding hydrogens is 505 g/mol. The van der Waals surface area contributed by atoms with Gasteiger partial charge in [-0.05, 0) is 67.6 Å². The number of carbonyl (C=O) groups is 2. The van der Waals surface area contributed by atoms with Gasteiger partial charge in [-0.15, -0.1) is 0 Å². The highest BCUT2D eigenvalue weighted by Gasteiger charge is 2.31. The Morgan fingerprint density at radius 3 is 2.51 bits per heavy atom. The molecule has 9 heteroatoms. The number of ketones is 1. The van der Waals surface area contributed by atoms with Crippen LogP contribution in [-0.2, 0) is 28.6 Å². The van der Waals surface area contributed by atoms with E-state index in [1.54, 1.807) is 29.2 Å². The Hall–Kier alpha value is -4.27. The second-order valence-electron chi connectivity index (χ2n) is 10.0. The lowest BCUT2D eigenvalue weighted by molar-refractivity contribution is -0.137. The van der Waals surface area contributed by atoms with E-state index in [0.717, 1.165) is 58.6 Å². The van der Waals surface area contributed by atoms with E-state index in [2.05, 4.69) is 15.4 Å². The summed E-state index contributed by atoms with van der Waals surface area (Å²) in [6, 6.07) is 12.1. The largest absolute Gasteiger partial charge is 0.416 e. The van der Waals surface area contributed by atoms with Crippen LogP contribution in [0.25, 0.3) is 16.8 Å². The van der Waals surface area contributed by atoms with E-state index in [9.17, 15) is 22.8 Å². The molecule has 1 saturated carbocycles. The van der Waals surface area contributed by atoms with Gasteiger partial charge in [-0.25, -0.2) is 4.68 Å². The standard InChI is InChI=1S/C30H27F3N4O2/c1-18-6-9-24(36-29(39)12-20-4-3-5-23(11-20)30(31,32)33)13-27(18)37-17-22(15-35-37)26-16-34-25(10-19(26)2)14-28(38)21-7-8-21/h3-6,9-11,13,15-17,21H,7-8,12,14H2,1-2H3,(H,36,39). The quantitative estimate of drug-likeness (QED) is 0.290. The third-order valence-electron chi connectivity index (χ3n) is 6.81. The first-order valence-corrected chi connectivity index (χ1v) is 12.7. The van der Waals surface area contributed by atoms with E-state index in [1.165, 1.54) is 12.1 Å². The molecule has 0 radical (unpaired) electrons. The second-order valence-corrected chi connectivity index (χ2v) is 10.0. The van der Waals surface area contributed by atoms with Crippen LogP contribution in [0, 0.1) is 19.8 Å². The van der Waals surface area contributed by atoms with Crippen LogP contribution >= 0.6 is 0 Å². The summed E-state index contributed by atoms with van der Waals surface area (Å²) in [6.07, 6.45) is 3.04. The fourth-order valence-corrected chi connectivity index (χ4v) is 4.52. The van der Waals surface area contributed by atoms with Gasteiger partial charge in [0.05, 0.1) is 23.9 Å². The van der Waals surface area contributed by atoms with Crippen molar-refractivity contribution in [3.63, 3.8) is 0 Å². The zero-order valence-electron chi connectivity index (χ0n) is 21.5. The van der Waals surface area contributed by atoms with Crippen LogP contribution in [-0.4, -0.2) is 26.5 Å². The molecule has 39 heavy (non-hydrogen) atoms. The third-order valence-corrected chi connectivity index (χ3v) is 6.81. The summed E-state index contributed by atoms with van der Waals surface area (Å²) < 4.78 is 40.7. The Kier molecular flexibility index (Phi) is 7.08. The maximum absolute atomic E-state index is 13.0. The normalized spacial score (nSPS) is 13.4. The Balaban J connectivity index is 1.30. The van der Waals surface area contributed by atoms with Gasteiger partial charge in [0.1, 0.15) is 5.78 Å². The number of pyridine rings is 1. The van der Waals surface area contributed by atoms with Gasteiger partial charge in [0, 0.05) is 47.2 Å². The first-order chi connectivity index (χ1) is 18.6. The summed E-state index contributed by atoms with van der Waals surface area (Å²) >= 11 is 0. The zero-order valence-corrected chi connectivity index (χ0v) is 21.5. The van der Waals surface area contributed by atoms with Gasteiger partial charge in [0.15, 0.2) is 0 Å². The first-order valence-electron chi connectivity index (χ1n) is 12.7. The van der Waals surface area contributed by atoms with E-state index in [1.807, 2.05) is 32.2 Å². The van der Waals surface area contributed by atoms with Crippen molar-refractivity contribution in [1.29, 1.82) is 0 Å². The number of hydrogen-bond acceptors (Lipinski definition) is 4. The molecule has 2 aromatic carbocycles. The van der Waals surface area contributed by atoms with Crippen molar-refractivity contribution in [2.24, 2.45) is 5.92 Å². The first kappa shape index (κ1) is 26.3. The Morgan fingerprint density at radius 1 is 1.00 bits per heavy atom. The maximum atomic E-state index is 13.0. The zero-order chi connectivity index (χ0) is 27.7. The van der Waals surface area contributed by atoms with Gasteiger partial charge in [0.25, 0.3) is 0 Å². The van der Waals surface area contributed by atoms with Crippen molar-refractivity contribution < 1.29 is 22.8 Å². The minimum atomic E-state index is -4.47. The van der Waals surface area contributed by atoms with Crippen molar-refractivity contribution in [3.8, 4) is 16.8 Å². The number of rotatable bonds is 8. The molecule has 0 atom stereocenters. The highest BCUT2D eigenvalue weighted by atomic mass is 19.4. The van der Waals surface area contributed by atoms with E-state index in [-0.39, 0.29) is 23.7 Å². The highest BCUT2D eigenvalue weighted by molar-refractivity contribution is 5.92. The Labute approximate surface area is 223 Å². The lowest BCUT2D eigenvalue weighted by atomic mass is 10.0. The summed E-state index contributed by atoms with van der Waals surface area (Å²) in [6.45, 7) is 3.90. The predicted molar refractivity (Wildman–Crippen MR) is 141 cm³/mol. The number of nitrogens with one attached hydrogen (secondary N) is 1. The van der Waals surface area contributed by atoms with Gasteiger partial charge in [-0.2, -0.15) is 18.3 Å². The van der Waals surface area contributed by atoms with Crippen LogP contribution in [0.4, 0.5) is 18.9 Å². The minimum Gasteiger partial charge on any atom is -0.326 e. The summed E-state index contributed by atoms with van der Waals surface area (Å²) in [5.74, 6) is 0.0290. The lowest BCUT2D eigenvalue weighted by Crippen LogP contribution is -2.15. The molecule has 200 valence electrons. The fourth-order valence-electron chi connectivity index (χ4n) is 4.52. The van der Waals surface area contributed by atoms with Crippen molar-refractivity contribution in [2.45, 2.75) is 45.7 Å². The van der Waals surface area contributed by atoms with Crippen LogP contribution in [0.15, 0.2) is 67.1 Å². The number of nitrogens with zero attached hydrogens (tertiary/aromatic N) is 3. The van der Waals surface area contributed by atoms with Crippen LogP contribution in [0.1, 0.15) is 40.8 Å². The monoisotopic (exact) mass is 532 g/mol. The molecule has 1 amide bonds. The van der Waals surface area contributed by atoms with Crippen molar-refractivity contribution >= 4 is 17.4 Å². The molecule has 0 aliphatic heterocycles. The molecule has 0 spiro atoms. The summed E-state index contributed by atoms with van der Waals surface area (Å²) in [4.78, 5) is 29.2. The van der Waals surface area contributed by atoms with E-state index in [4.69, 9.17) is 0 Å². The summed E-state index contributed by atoms with van der Waals surface area (Å²) in [7, 11) is 0.